The van der Waals surface area contributed by atoms with Crippen LogP contribution in [0.2, 0.25) is 0 Å². The quantitative estimate of drug-likeness (QED) is 0.673. The van der Waals surface area contributed by atoms with Gasteiger partial charge in [-0.2, -0.15) is 0 Å². The number of aliphatic imine (C=N–C) groups is 1. The van der Waals surface area contributed by atoms with Gasteiger partial charge in [-0.3, -0.25) is 4.99 Å². The van der Waals surface area contributed by atoms with E-state index in [1.54, 1.807) is 7.11 Å². The first-order valence-electron chi connectivity index (χ1n) is 6.19. The molecule has 3 nitrogen and oxygen atoms in total. The van der Waals surface area contributed by atoms with E-state index >= 15 is 0 Å². The summed E-state index contributed by atoms with van der Waals surface area (Å²) in [6, 6.07) is 15.8. The lowest BCUT2D eigenvalue weighted by Gasteiger charge is -2.05. The molecule has 2 N–H and O–H groups in total. The van der Waals surface area contributed by atoms with Gasteiger partial charge in [-0.05, 0) is 30.2 Å². The molecule has 2 aromatic rings. The van der Waals surface area contributed by atoms with Gasteiger partial charge < -0.3 is 10.5 Å². The van der Waals surface area contributed by atoms with Gasteiger partial charge in [0.15, 0.2) is 0 Å². The number of amidine groups is 1. The number of benzene rings is 2. The Morgan fingerprint density at radius 1 is 1.11 bits per heavy atom. The Bertz CT molecular complexity index is 574. The van der Waals surface area contributed by atoms with E-state index in [1.165, 1.54) is 0 Å². The lowest BCUT2D eigenvalue weighted by Crippen LogP contribution is -2.15. The number of ether oxygens (including phenoxy) is 1. The van der Waals surface area contributed by atoms with Crippen LogP contribution in [0.15, 0.2) is 53.5 Å². The van der Waals surface area contributed by atoms with Crippen molar-refractivity contribution in [2.75, 3.05) is 7.11 Å². The number of hydrogen-bond acceptors (Lipinski definition) is 2. The van der Waals surface area contributed by atoms with Crippen LogP contribution in [0.4, 0.5) is 0 Å². The predicted octanol–water partition coefficient (Wildman–Crippen LogP) is 2.91. The third kappa shape index (κ3) is 3.35. The fourth-order valence-corrected chi connectivity index (χ4v) is 1.85. The molecule has 0 saturated heterocycles. The highest BCUT2D eigenvalue weighted by Gasteiger charge is 2.01. The van der Waals surface area contributed by atoms with Crippen molar-refractivity contribution in [2.24, 2.45) is 10.7 Å². The molecule has 0 spiro atoms. The molecule has 0 aliphatic heterocycles. The Morgan fingerprint density at radius 2 is 1.79 bits per heavy atom. The maximum atomic E-state index is 6.03. The largest absolute Gasteiger partial charge is 0.497 e. The van der Waals surface area contributed by atoms with Gasteiger partial charge in [-0.25, -0.2) is 0 Å². The van der Waals surface area contributed by atoms with Crippen LogP contribution in [0.3, 0.4) is 0 Å². The summed E-state index contributed by atoms with van der Waals surface area (Å²) in [5, 5.41) is 0. The van der Waals surface area contributed by atoms with E-state index in [-0.39, 0.29) is 0 Å². The Labute approximate surface area is 113 Å². The fourth-order valence-electron chi connectivity index (χ4n) is 1.85. The summed E-state index contributed by atoms with van der Waals surface area (Å²) >= 11 is 0. The molecule has 0 unspecified atom stereocenters. The smallest absolute Gasteiger partial charge is 0.126 e. The lowest BCUT2D eigenvalue weighted by atomic mass is 10.1. The van der Waals surface area contributed by atoms with Crippen LogP contribution in [-0.4, -0.2) is 12.9 Å². The molecular formula is C16H18N2O. The molecule has 0 aromatic heterocycles. The van der Waals surface area contributed by atoms with E-state index in [0.29, 0.717) is 12.4 Å². The Morgan fingerprint density at radius 3 is 2.42 bits per heavy atom. The van der Waals surface area contributed by atoms with Crippen LogP contribution >= 0.6 is 0 Å². The summed E-state index contributed by atoms with van der Waals surface area (Å²) in [6.07, 6.45) is 0. The first kappa shape index (κ1) is 13.1. The predicted molar refractivity (Wildman–Crippen MR) is 78.6 cm³/mol. The molecule has 0 amide bonds. The molecule has 3 heteroatoms. The zero-order valence-electron chi connectivity index (χ0n) is 11.3. The van der Waals surface area contributed by atoms with Crippen molar-refractivity contribution < 1.29 is 4.74 Å². The van der Waals surface area contributed by atoms with Gasteiger partial charge in [-0.1, -0.05) is 36.4 Å². The highest BCUT2D eigenvalue weighted by atomic mass is 16.5. The zero-order valence-corrected chi connectivity index (χ0v) is 11.3. The van der Waals surface area contributed by atoms with E-state index in [0.717, 1.165) is 22.4 Å². The Balaban J connectivity index is 2.11. The van der Waals surface area contributed by atoms with Gasteiger partial charge >= 0.3 is 0 Å². The third-order valence-corrected chi connectivity index (χ3v) is 3.01. The van der Waals surface area contributed by atoms with Crippen LogP contribution < -0.4 is 10.5 Å². The minimum absolute atomic E-state index is 0.574. The highest BCUT2D eigenvalue weighted by Crippen LogP contribution is 2.12. The van der Waals surface area contributed by atoms with Crippen molar-refractivity contribution in [1.82, 2.24) is 0 Å². The molecule has 98 valence electrons. The van der Waals surface area contributed by atoms with E-state index < -0.39 is 0 Å². The maximum absolute atomic E-state index is 6.03. The molecule has 0 atom stereocenters. The number of hydrogen-bond donors (Lipinski definition) is 1. The van der Waals surface area contributed by atoms with Crippen molar-refractivity contribution in [3.63, 3.8) is 0 Å². The molecule has 2 aromatic carbocycles. The number of methoxy groups -OCH3 is 1. The zero-order chi connectivity index (χ0) is 13.7. The minimum Gasteiger partial charge on any atom is -0.497 e. The van der Waals surface area contributed by atoms with Gasteiger partial charge in [0.25, 0.3) is 0 Å². The van der Waals surface area contributed by atoms with Gasteiger partial charge in [0, 0.05) is 5.56 Å². The van der Waals surface area contributed by atoms with E-state index in [2.05, 4.69) is 4.99 Å². The summed E-state index contributed by atoms with van der Waals surface area (Å²) in [4.78, 5) is 4.43. The normalized spacial score (nSPS) is 11.4. The first-order chi connectivity index (χ1) is 9.20. The van der Waals surface area contributed by atoms with Gasteiger partial charge in [0.1, 0.15) is 11.6 Å². The van der Waals surface area contributed by atoms with Crippen LogP contribution in [-0.2, 0) is 6.54 Å². The molecule has 0 radical (unpaired) electrons. The first-order valence-corrected chi connectivity index (χ1v) is 6.19. The van der Waals surface area contributed by atoms with Crippen LogP contribution in [0.25, 0.3) is 0 Å². The standard InChI is InChI=1S/C16H18N2O/c1-12-5-3-4-6-15(12)16(17)18-11-13-7-9-14(19-2)10-8-13/h3-10H,11H2,1-2H3,(H2,17,18). The molecule has 0 heterocycles. The summed E-state index contributed by atoms with van der Waals surface area (Å²) in [5.41, 5.74) is 9.27. The molecule has 0 aliphatic carbocycles. The second-order valence-electron chi connectivity index (χ2n) is 4.36. The molecule has 0 aliphatic rings. The van der Waals surface area contributed by atoms with Crippen molar-refractivity contribution >= 4 is 5.84 Å². The SMILES string of the molecule is COc1ccc(CN=C(N)c2ccccc2C)cc1. The Hall–Kier alpha value is -2.29. The topological polar surface area (TPSA) is 47.6 Å². The molecule has 0 bridgehead atoms. The van der Waals surface area contributed by atoms with Crippen molar-refractivity contribution in [3.05, 3.63) is 65.2 Å². The highest BCUT2D eigenvalue weighted by molar-refractivity contribution is 5.98. The van der Waals surface area contributed by atoms with Crippen LogP contribution in [0.5, 0.6) is 5.75 Å². The lowest BCUT2D eigenvalue weighted by molar-refractivity contribution is 0.414. The molecule has 19 heavy (non-hydrogen) atoms. The van der Waals surface area contributed by atoms with Gasteiger partial charge in [0.2, 0.25) is 0 Å². The third-order valence-electron chi connectivity index (χ3n) is 3.01. The average Bonchev–Trinajstić information content (AvgIpc) is 2.46. The number of nitrogens with two attached hydrogens (primary N) is 1. The molecule has 0 saturated carbocycles. The molecule has 2 rings (SSSR count). The summed E-state index contributed by atoms with van der Waals surface area (Å²) in [6.45, 7) is 2.61. The van der Waals surface area contributed by atoms with Crippen LogP contribution in [0, 0.1) is 6.92 Å². The van der Waals surface area contributed by atoms with Crippen molar-refractivity contribution in [1.29, 1.82) is 0 Å². The van der Waals surface area contributed by atoms with Crippen LogP contribution in [0.1, 0.15) is 16.7 Å². The molecule has 0 fully saturated rings. The summed E-state index contributed by atoms with van der Waals surface area (Å²) in [7, 11) is 1.66. The fraction of sp³-hybridized carbons (Fsp3) is 0.188. The van der Waals surface area contributed by atoms with E-state index in [4.69, 9.17) is 10.5 Å². The second kappa shape index (κ2) is 6.05. The average molecular weight is 254 g/mol. The number of rotatable bonds is 4. The summed E-state index contributed by atoms with van der Waals surface area (Å²) < 4.78 is 5.12. The maximum Gasteiger partial charge on any atom is 0.126 e. The Kier molecular flexibility index (Phi) is 4.18. The van der Waals surface area contributed by atoms with Crippen molar-refractivity contribution in [3.8, 4) is 5.75 Å². The van der Waals surface area contributed by atoms with Gasteiger partial charge in [-0.15, -0.1) is 0 Å². The van der Waals surface area contributed by atoms with Crippen molar-refractivity contribution in [2.45, 2.75) is 13.5 Å². The summed E-state index contributed by atoms with van der Waals surface area (Å²) in [5.74, 6) is 1.42. The van der Waals surface area contributed by atoms with E-state index in [1.807, 2.05) is 55.5 Å². The molecular weight excluding hydrogens is 236 g/mol. The number of nitrogens with zero attached hydrogens (tertiary/aromatic N) is 1. The minimum atomic E-state index is 0.574. The monoisotopic (exact) mass is 254 g/mol. The second-order valence-corrected chi connectivity index (χ2v) is 4.36. The van der Waals surface area contributed by atoms with E-state index in [9.17, 15) is 0 Å². The van der Waals surface area contributed by atoms with Gasteiger partial charge in [0.05, 0.1) is 13.7 Å². The number of aryl methyl sites for hydroxylation is 1.